The maximum atomic E-state index is 4.45. The average Bonchev–Trinajstić information content (AvgIpc) is 3.15. The molecule has 0 amide bonds. The van der Waals surface area contributed by atoms with Crippen LogP contribution in [-0.4, -0.2) is 47.0 Å². The predicted molar refractivity (Wildman–Crippen MR) is 107 cm³/mol. The van der Waals surface area contributed by atoms with Gasteiger partial charge in [0.1, 0.15) is 5.01 Å². The number of aryl methyl sites for hydroxylation is 1. The summed E-state index contributed by atoms with van der Waals surface area (Å²) < 4.78 is 0. The molecule has 26 heavy (non-hydrogen) atoms. The van der Waals surface area contributed by atoms with E-state index >= 15 is 0 Å². The lowest BCUT2D eigenvalue weighted by Crippen LogP contribution is -2.48. The first-order valence-corrected chi connectivity index (χ1v) is 10.1. The Morgan fingerprint density at radius 2 is 2.15 bits per heavy atom. The molecular formula is C19H28N6S. The van der Waals surface area contributed by atoms with Gasteiger partial charge in [-0.2, -0.15) is 0 Å². The Morgan fingerprint density at radius 1 is 1.31 bits per heavy atom. The van der Waals surface area contributed by atoms with Crippen molar-refractivity contribution in [2.45, 2.75) is 45.3 Å². The van der Waals surface area contributed by atoms with Crippen molar-refractivity contribution < 1.29 is 0 Å². The highest BCUT2D eigenvalue weighted by Crippen LogP contribution is 2.14. The second-order valence-corrected chi connectivity index (χ2v) is 7.72. The van der Waals surface area contributed by atoms with Crippen molar-refractivity contribution in [2.24, 2.45) is 4.99 Å². The fraction of sp³-hybridized carbons (Fsp3) is 0.526. The van der Waals surface area contributed by atoms with Crippen molar-refractivity contribution in [3.05, 3.63) is 46.2 Å². The topological polar surface area (TPSA) is 65.4 Å². The van der Waals surface area contributed by atoms with Crippen LogP contribution >= 0.6 is 11.3 Å². The van der Waals surface area contributed by atoms with Crippen molar-refractivity contribution in [2.75, 3.05) is 20.1 Å². The fourth-order valence-corrected chi connectivity index (χ4v) is 3.90. The summed E-state index contributed by atoms with van der Waals surface area (Å²) in [5, 5.41) is 8.05. The molecule has 1 aliphatic heterocycles. The van der Waals surface area contributed by atoms with Gasteiger partial charge in [0, 0.05) is 50.0 Å². The van der Waals surface area contributed by atoms with Gasteiger partial charge < -0.3 is 10.6 Å². The number of aliphatic imine (C=N–C) groups is 1. The number of hydrogen-bond acceptors (Lipinski definition) is 5. The van der Waals surface area contributed by atoms with E-state index in [1.165, 1.54) is 4.88 Å². The summed E-state index contributed by atoms with van der Waals surface area (Å²) >= 11 is 1.76. The monoisotopic (exact) mass is 372 g/mol. The Bertz CT molecular complexity index is 691. The molecular weight excluding hydrogens is 344 g/mol. The fourth-order valence-electron chi connectivity index (χ4n) is 3.10. The van der Waals surface area contributed by atoms with Crippen LogP contribution in [0.5, 0.6) is 0 Å². The zero-order valence-corrected chi connectivity index (χ0v) is 16.4. The normalized spacial score (nSPS) is 16.6. The summed E-state index contributed by atoms with van der Waals surface area (Å²) in [6.45, 7) is 5.98. The number of nitrogens with zero attached hydrogens (tertiary/aromatic N) is 4. The van der Waals surface area contributed by atoms with Gasteiger partial charge in [-0.25, -0.2) is 4.98 Å². The van der Waals surface area contributed by atoms with E-state index in [1.54, 1.807) is 11.3 Å². The van der Waals surface area contributed by atoms with Crippen LogP contribution in [0.25, 0.3) is 0 Å². The van der Waals surface area contributed by atoms with Gasteiger partial charge in [0.25, 0.3) is 0 Å². The molecule has 0 aliphatic carbocycles. The first-order chi connectivity index (χ1) is 12.8. The first-order valence-electron chi connectivity index (χ1n) is 9.30. The Kier molecular flexibility index (Phi) is 6.96. The van der Waals surface area contributed by atoms with E-state index in [2.05, 4.69) is 49.6 Å². The Hall–Kier alpha value is -1.99. The molecule has 140 valence electrons. The molecule has 0 unspecified atom stereocenters. The molecule has 0 radical (unpaired) electrons. The van der Waals surface area contributed by atoms with Gasteiger partial charge in [-0.1, -0.05) is 13.0 Å². The number of nitrogens with one attached hydrogen (secondary N) is 2. The average molecular weight is 373 g/mol. The highest BCUT2D eigenvalue weighted by atomic mass is 32.1. The lowest BCUT2D eigenvalue weighted by Gasteiger charge is -2.32. The summed E-state index contributed by atoms with van der Waals surface area (Å²) in [5.74, 6) is 0.862. The lowest BCUT2D eigenvalue weighted by molar-refractivity contribution is 0.196. The Morgan fingerprint density at radius 3 is 2.81 bits per heavy atom. The number of likely N-dealkylation sites (tertiary alicyclic amines) is 1. The SMILES string of the molecule is CCc1cnc(CNC(=NC)NC2CCN(Cc3ccccn3)CC2)s1. The van der Waals surface area contributed by atoms with Crippen molar-refractivity contribution in [1.29, 1.82) is 0 Å². The highest BCUT2D eigenvalue weighted by molar-refractivity contribution is 7.11. The number of piperidine rings is 1. The van der Waals surface area contributed by atoms with Gasteiger partial charge in [0.15, 0.2) is 5.96 Å². The first kappa shape index (κ1) is 18.8. The molecule has 6 nitrogen and oxygen atoms in total. The number of aromatic nitrogens is 2. The summed E-state index contributed by atoms with van der Waals surface area (Å²) in [6, 6.07) is 6.58. The van der Waals surface area contributed by atoms with E-state index in [-0.39, 0.29) is 0 Å². The largest absolute Gasteiger partial charge is 0.354 e. The van der Waals surface area contributed by atoms with Crippen LogP contribution in [-0.2, 0) is 19.5 Å². The zero-order valence-electron chi connectivity index (χ0n) is 15.6. The van der Waals surface area contributed by atoms with E-state index in [1.807, 2.05) is 25.5 Å². The quantitative estimate of drug-likeness (QED) is 0.602. The van der Waals surface area contributed by atoms with Gasteiger partial charge in [0.05, 0.1) is 12.2 Å². The second kappa shape index (κ2) is 9.64. The van der Waals surface area contributed by atoms with E-state index in [0.717, 1.165) is 62.1 Å². The van der Waals surface area contributed by atoms with Gasteiger partial charge in [0.2, 0.25) is 0 Å². The minimum Gasteiger partial charge on any atom is -0.354 e. The van der Waals surface area contributed by atoms with Crippen LogP contribution < -0.4 is 10.6 Å². The third kappa shape index (κ3) is 5.51. The van der Waals surface area contributed by atoms with Crippen LogP contribution in [0.4, 0.5) is 0 Å². The van der Waals surface area contributed by atoms with Crippen molar-refractivity contribution >= 4 is 17.3 Å². The van der Waals surface area contributed by atoms with Crippen LogP contribution in [0.3, 0.4) is 0 Å². The molecule has 3 heterocycles. The van der Waals surface area contributed by atoms with Gasteiger partial charge in [-0.3, -0.25) is 14.9 Å². The molecule has 0 spiro atoms. The number of rotatable bonds is 6. The van der Waals surface area contributed by atoms with Crippen LogP contribution in [0.1, 0.15) is 35.3 Å². The molecule has 2 N–H and O–H groups in total. The summed E-state index contributed by atoms with van der Waals surface area (Å²) in [5.41, 5.74) is 1.14. The molecule has 0 saturated carbocycles. The number of hydrogen-bond donors (Lipinski definition) is 2. The highest BCUT2D eigenvalue weighted by Gasteiger charge is 2.20. The molecule has 1 fully saturated rings. The van der Waals surface area contributed by atoms with E-state index in [0.29, 0.717) is 6.04 Å². The van der Waals surface area contributed by atoms with E-state index < -0.39 is 0 Å². The van der Waals surface area contributed by atoms with Crippen LogP contribution in [0.15, 0.2) is 35.6 Å². The summed E-state index contributed by atoms with van der Waals surface area (Å²) in [7, 11) is 1.82. The molecule has 0 atom stereocenters. The molecule has 0 aromatic carbocycles. The van der Waals surface area contributed by atoms with Crippen molar-refractivity contribution in [1.82, 2.24) is 25.5 Å². The van der Waals surface area contributed by atoms with Gasteiger partial charge in [-0.05, 0) is 31.4 Å². The predicted octanol–water partition coefficient (Wildman–Crippen LogP) is 2.43. The van der Waals surface area contributed by atoms with Crippen molar-refractivity contribution in [3.63, 3.8) is 0 Å². The van der Waals surface area contributed by atoms with Gasteiger partial charge >= 0.3 is 0 Å². The smallest absolute Gasteiger partial charge is 0.191 e. The summed E-state index contributed by atoms with van der Waals surface area (Å²) in [6.07, 6.45) is 7.11. The minimum atomic E-state index is 0.462. The minimum absolute atomic E-state index is 0.462. The standard InChI is InChI=1S/C19H28N6S/c1-3-17-12-22-18(26-17)13-23-19(20-2)24-15-7-10-25(11-8-15)14-16-6-4-5-9-21-16/h4-6,9,12,15H,3,7-8,10-11,13-14H2,1-2H3,(H2,20,23,24). The molecule has 7 heteroatoms. The molecule has 2 aromatic heterocycles. The number of pyridine rings is 1. The third-order valence-electron chi connectivity index (χ3n) is 4.62. The maximum Gasteiger partial charge on any atom is 0.191 e. The van der Waals surface area contributed by atoms with E-state index in [9.17, 15) is 0 Å². The zero-order chi connectivity index (χ0) is 18.2. The molecule has 2 aromatic rings. The summed E-state index contributed by atoms with van der Waals surface area (Å²) in [4.78, 5) is 17.0. The van der Waals surface area contributed by atoms with E-state index in [4.69, 9.17) is 0 Å². The third-order valence-corrected chi connectivity index (χ3v) is 5.76. The second-order valence-electron chi connectivity index (χ2n) is 6.52. The van der Waals surface area contributed by atoms with Crippen LogP contribution in [0, 0.1) is 0 Å². The molecule has 1 aliphatic rings. The molecule has 0 bridgehead atoms. The molecule has 3 rings (SSSR count). The number of guanidine groups is 1. The Labute approximate surface area is 159 Å². The van der Waals surface area contributed by atoms with Gasteiger partial charge in [-0.15, -0.1) is 11.3 Å². The number of thiazole rings is 1. The van der Waals surface area contributed by atoms with Crippen LogP contribution in [0.2, 0.25) is 0 Å². The Balaban J connectivity index is 1.41. The van der Waals surface area contributed by atoms with Crippen molar-refractivity contribution in [3.8, 4) is 0 Å². The lowest BCUT2D eigenvalue weighted by atomic mass is 10.1. The molecule has 1 saturated heterocycles. The maximum absolute atomic E-state index is 4.45.